The van der Waals surface area contributed by atoms with Gasteiger partial charge < -0.3 is 19.2 Å². The zero-order valence-corrected chi connectivity index (χ0v) is 18.2. The molecule has 0 radical (unpaired) electrons. The third-order valence-corrected chi connectivity index (χ3v) is 7.44. The molecule has 1 saturated heterocycles. The number of ether oxygens (including phenoxy) is 3. The summed E-state index contributed by atoms with van der Waals surface area (Å²) < 4.78 is 16.4. The first-order valence-corrected chi connectivity index (χ1v) is 10.7. The number of carbonyl (C=O) groups is 1. The number of methoxy groups -OCH3 is 2. The van der Waals surface area contributed by atoms with Crippen molar-refractivity contribution in [2.45, 2.75) is 31.9 Å². The number of aromatic nitrogens is 1. The number of aromatic amines is 1. The highest BCUT2D eigenvalue weighted by Gasteiger charge is 2.46. The number of H-pyrrole nitrogens is 1. The Morgan fingerprint density at radius 3 is 2.93 bits per heavy atom. The van der Waals surface area contributed by atoms with E-state index in [1.54, 1.807) is 13.4 Å². The smallest absolute Gasteiger partial charge is 0.337 e. The molecule has 7 heteroatoms. The average Bonchev–Trinajstić information content (AvgIpc) is 3.09. The lowest BCUT2D eigenvalue weighted by Gasteiger charge is -2.49. The van der Waals surface area contributed by atoms with Crippen LogP contribution in [-0.2, 0) is 20.7 Å². The van der Waals surface area contributed by atoms with Gasteiger partial charge in [0.2, 0.25) is 0 Å². The molecular formula is C22H27N2O4P. The van der Waals surface area contributed by atoms with Crippen molar-refractivity contribution in [3.8, 4) is 5.75 Å². The number of nitrogens with zero attached hydrogens (tertiary/aromatic N) is 1. The highest BCUT2D eigenvalue weighted by atomic mass is 31.0. The highest BCUT2D eigenvalue weighted by Crippen LogP contribution is 2.47. The fourth-order valence-corrected chi connectivity index (χ4v) is 5.83. The van der Waals surface area contributed by atoms with Crippen LogP contribution in [0.2, 0.25) is 0 Å². The summed E-state index contributed by atoms with van der Waals surface area (Å²) in [7, 11) is 5.90. The second-order valence-corrected chi connectivity index (χ2v) is 8.95. The summed E-state index contributed by atoms with van der Waals surface area (Å²) in [6.45, 7) is 4.05. The summed E-state index contributed by atoms with van der Waals surface area (Å²) in [6.07, 6.45) is 3.64. The van der Waals surface area contributed by atoms with Crippen LogP contribution in [0.1, 0.15) is 30.6 Å². The summed E-state index contributed by atoms with van der Waals surface area (Å²) in [5.41, 5.74) is 4.48. The molecule has 29 heavy (non-hydrogen) atoms. The van der Waals surface area contributed by atoms with Gasteiger partial charge in [0.25, 0.3) is 0 Å². The lowest BCUT2D eigenvalue weighted by atomic mass is 9.72. The molecule has 4 unspecified atom stereocenters. The minimum Gasteiger partial charge on any atom is -0.497 e. The molecule has 0 saturated carbocycles. The Hall–Kier alpha value is -2.04. The van der Waals surface area contributed by atoms with Crippen LogP contribution in [0.4, 0.5) is 0 Å². The Kier molecular flexibility index (Phi) is 4.60. The molecule has 4 heterocycles. The Morgan fingerprint density at radius 1 is 1.34 bits per heavy atom. The summed E-state index contributed by atoms with van der Waals surface area (Å²) in [5, 5.41) is 2.29. The van der Waals surface area contributed by atoms with Gasteiger partial charge in [-0.3, -0.25) is 4.90 Å². The molecular weight excluding hydrogens is 387 g/mol. The quantitative estimate of drug-likeness (QED) is 0.605. The minimum absolute atomic E-state index is 0.0994. The maximum atomic E-state index is 12.4. The third-order valence-electron chi connectivity index (χ3n) is 6.98. The molecule has 3 aliphatic rings. The topological polar surface area (TPSA) is 63.8 Å². The Labute approximate surface area is 172 Å². The molecule has 2 aromatic rings. The largest absolute Gasteiger partial charge is 0.497 e. The normalized spacial score (nSPS) is 28.6. The number of benzene rings is 1. The van der Waals surface area contributed by atoms with Crippen LogP contribution in [0, 0.1) is 11.8 Å². The molecule has 3 aliphatic heterocycles. The predicted molar refractivity (Wildman–Crippen MR) is 114 cm³/mol. The molecule has 0 spiro atoms. The van der Waals surface area contributed by atoms with Crippen LogP contribution < -0.4 is 10.0 Å². The monoisotopic (exact) mass is 414 g/mol. The number of fused-ring (bicyclic) bond motifs is 6. The molecule has 1 fully saturated rings. The second kappa shape index (κ2) is 7.03. The first kappa shape index (κ1) is 19.0. The van der Waals surface area contributed by atoms with Gasteiger partial charge in [0.05, 0.1) is 38.2 Å². The molecule has 1 aromatic heterocycles. The first-order valence-electron chi connectivity index (χ1n) is 10.2. The highest BCUT2D eigenvalue weighted by molar-refractivity contribution is 7.27. The number of hydrogen-bond acceptors (Lipinski definition) is 5. The fourth-order valence-electron chi connectivity index (χ4n) is 5.46. The van der Waals surface area contributed by atoms with E-state index < -0.39 is 0 Å². The van der Waals surface area contributed by atoms with Crippen molar-refractivity contribution in [1.82, 2.24) is 9.88 Å². The maximum Gasteiger partial charge on any atom is 0.337 e. The molecule has 0 bridgehead atoms. The fraction of sp³-hybridized carbons (Fsp3) is 0.500. The lowest BCUT2D eigenvalue weighted by Crippen LogP contribution is -2.51. The van der Waals surface area contributed by atoms with Crippen molar-refractivity contribution in [2.24, 2.45) is 11.8 Å². The maximum absolute atomic E-state index is 12.4. The van der Waals surface area contributed by atoms with Crippen LogP contribution in [0.5, 0.6) is 5.75 Å². The Bertz CT molecular complexity index is 1010. The summed E-state index contributed by atoms with van der Waals surface area (Å²) in [5.74, 6) is 1.07. The predicted octanol–water partition coefficient (Wildman–Crippen LogP) is 2.69. The van der Waals surface area contributed by atoms with Gasteiger partial charge in [-0.1, -0.05) is 0 Å². The molecule has 5 atom stereocenters. The van der Waals surface area contributed by atoms with E-state index in [0.717, 1.165) is 42.5 Å². The summed E-state index contributed by atoms with van der Waals surface area (Å²) >= 11 is 0. The molecule has 1 aromatic carbocycles. The standard InChI is InChI=1S/C22H27N2O4P/c1-11-15-9-24-5-4-12-14-7-19(26-2)20(29)8-17(14)23-21(12)18(24)6-13(15)16(10-28-11)22(25)27-3/h7-8,10-11,13,15,18,23H,4-6,9,29H2,1-3H3/t11-,13?,15?,18?/m0/s1. The van der Waals surface area contributed by atoms with Gasteiger partial charge in [0.1, 0.15) is 5.75 Å². The van der Waals surface area contributed by atoms with Crippen LogP contribution >= 0.6 is 9.24 Å². The van der Waals surface area contributed by atoms with Gasteiger partial charge in [-0.15, -0.1) is 9.24 Å². The van der Waals surface area contributed by atoms with Gasteiger partial charge in [-0.25, -0.2) is 4.79 Å². The van der Waals surface area contributed by atoms with Crippen LogP contribution in [0.15, 0.2) is 24.0 Å². The number of hydrogen-bond donors (Lipinski definition) is 1. The number of rotatable bonds is 2. The van der Waals surface area contributed by atoms with Crippen molar-refractivity contribution in [3.05, 3.63) is 35.2 Å². The van der Waals surface area contributed by atoms with Crippen LogP contribution in [-0.4, -0.2) is 49.3 Å². The minimum atomic E-state index is -0.273. The molecule has 1 N–H and O–H groups in total. The Morgan fingerprint density at radius 2 is 2.17 bits per heavy atom. The summed E-state index contributed by atoms with van der Waals surface area (Å²) in [6, 6.07) is 4.55. The molecule has 5 rings (SSSR count). The molecule has 0 aliphatic carbocycles. The van der Waals surface area contributed by atoms with E-state index in [1.165, 1.54) is 23.8 Å². The van der Waals surface area contributed by atoms with Gasteiger partial charge >= 0.3 is 5.97 Å². The number of piperidine rings is 1. The average molecular weight is 414 g/mol. The molecule has 6 nitrogen and oxygen atoms in total. The van der Waals surface area contributed by atoms with Gasteiger partial charge in [0, 0.05) is 46.8 Å². The number of carbonyl (C=O) groups excluding carboxylic acids is 1. The number of nitrogens with one attached hydrogen (secondary N) is 1. The first-order chi connectivity index (χ1) is 14.0. The SMILES string of the molecule is COC(=O)C1=CO[C@@H](C)C2CN3CCc4c([nH]c5cc(P)c(OC)cc45)C3CC12. The Balaban J connectivity index is 1.56. The van der Waals surface area contributed by atoms with E-state index in [-0.39, 0.29) is 24.0 Å². The van der Waals surface area contributed by atoms with E-state index in [1.807, 2.05) is 0 Å². The molecule has 0 amide bonds. The zero-order valence-electron chi connectivity index (χ0n) is 17.0. The van der Waals surface area contributed by atoms with Gasteiger partial charge in [-0.05, 0) is 37.5 Å². The van der Waals surface area contributed by atoms with E-state index >= 15 is 0 Å². The van der Waals surface area contributed by atoms with Crippen molar-refractivity contribution in [1.29, 1.82) is 0 Å². The third kappa shape index (κ3) is 2.88. The van der Waals surface area contributed by atoms with E-state index in [4.69, 9.17) is 14.2 Å². The zero-order chi connectivity index (χ0) is 20.3. The van der Waals surface area contributed by atoms with Gasteiger partial charge in [0.15, 0.2) is 0 Å². The lowest BCUT2D eigenvalue weighted by molar-refractivity contribution is -0.139. The van der Waals surface area contributed by atoms with E-state index in [9.17, 15) is 4.79 Å². The van der Waals surface area contributed by atoms with Crippen molar-refractivity contribution in [2.75, 3.05) is 27.3 Å². The summed E-state index contributed by atoms with van der Waals surface area (Å²) in [4.78, 5) is 18.6. The van der Waals surface area contributed by atoms with Crippen LogP contribution in [0.25, 0.3) is 10.9 Å². The van der Waals surface area contributed by atoms with E-state index in [2.05, 4.69) is 38.2 Å². The van der Waals surface area contributed by atoms with E-state index in [0.29, 0.717) is 11.5 Å². The second-order valence-electron chi connectivity index (χ2n) is 8.33. The van der Waals surface area contributed by atoms with Crippen molar-refractivity contribution >= 4 is 31.4 Å². The van der Waals surface area contributed by atoms with Crippen molar-refractivity contribution in [3.63, 3.8) is 0 Å². The van der Waals surface area contributed by atoms with Crippen LogP contribution in [0.3, 0.4) is 0 Å². The molecule has 154 valence electrons. The van der Waals surface area contributed by atoms with Crippen molar-refractivity contribution < 1.29 is 19.0 Å². The number of esters is 1. The van der Waals surface area contributed by atoms with Gasteiger partial charge in [-0.2, -0.15) is 0 Å².